The Morgan fingerprint density at radius 1 is 0.879 bits per heavy atom. The average Bonchev–Trinajstić information content (AvgIpc) is 3.36. The van der Waals surface area contributed by atoms with E-state index in [0.717, 1.165) is 30.8 Å². The van der Waals surface area contributed by atoms with E-state index in [1.807, 2.05) is 72.6 Å². The van der Waals surface area contributed by atoms with Crippen molar-refractivity contribution in [3.8, 4) is 22.9 Å². The first kappa shape index (κ1) is 21.0. The highest BCUT2D eigenvalue weighted by atomic mass is 16.4. The van der Waals surface area contributed by atoms with Gasteiger partial charge in [-0.05, 0) is 55.0 Å². The summed E-state index contributed by atoms with van der Waals surface area (Å²) in [7, 11) is 0. The van der Waals surface area contributed by atoms with Crippen LogP contribution in [0.1, 0.15) is 21.5 Å². The molecule has 3 heterocycles. The predicted octanol–water partition coefficient (Wildman–Crippen LogP) is 4.07. The second-order valence-electron chi connectivity index (χ2n) is 8.29. The Balaban J connectivity index is 1.20. The van der Waals surface area contributed by atoms with Crippen LogP contribution in [-0.4, -0.2) is 57.1 Å². The van der Waals surface area contributed by atoms with Crippen LogP contribution in [-0.2, 0) is 6.54 Å². The molecule has 2 aromatic carbocycles. The van der Waals surface area contributed by atoms with E-state index in [1.165, 1.54) is 11.1 Å². The molecule has 4 aromatic rings. The highest BCUT2D eigenvalue weighted by Crippen LogP contribution is 2.24. The largest absolute Gasteiger partial charge is 0.416 e. The molecule has 0 unspecified atom stereocenters. The summed E-state index contributed by atoms with van der Waals surface area (Å²) in [6.07, 6.45) is 3.68. The van der Waals surface area contributed by atoms with Gasteiger partial charge in [0.2, 0.25) is 11.8 Å². The van der Waals surface area contributed by atoms with E-state index in [1.54, 1.807) is 6.20 Å². The van der Waals surface area contributed by atoms with E-state index in [2.05, 4.69) is 26.1 Å². The highest BCUT2D eigenvalue weighted by Gasteiger charge is 2.22. The Kier molecular flexibility index (Phi) is 5.95. The number of benzene rings is 2. The van der Waals surface area contributed by atoms with Crippen molar-refractivity contribution < 1.29 is 9.21 Å². The van der Waals surface area contributed by atoms with Crippen molar-refractivity contribution in [3.05, 3.63) is 89.7 Å². The van der Waals surface area contributed by atoms with E-state index >= 15 is 0 Å². The van der Waals surface area contributed by atoms with E-state index in [4.69, 9.17) is 4.42 Å². The summed E-state index contributed by atoms with van der Waals surface area (Å²) < 4.78 is 5.85. The quantitative estimate of drug-likeness (QED) is 0.467. The van der Waals surface area contributed by atoms with Gasteiger partial charge in [0.05, 0.1) is 0 Å². The van der Waals surface area contributed by atoms with Gasteiger partial charge in [0.15, 0.2) is 0 Å². The van der Waals surface area contributed by atoms with Crippen molar-refractivity contribution in [3.63, 3.8) is 0 Å². The number of aryl methyl sites for hydroxylation is 1. The van der Waals surface area contributed by atoms with Crippen LogP contribution >= 0.6 is 0 Å². The number of nitrogens with zero attached hydrogens (tertiary/aromatic N) is 5. The van der Waals surface area contributed by atoms with Crippen LogP contribution in [0.2, 0.25) is 0 Å². The first-order valence-corrected chi connectivity index (χ1v) is 11.1. The second-order valence-corrected chi connectivity index (χ2v) is 8.29. The Morgan fingerprint density at radius 3 is 2.12 bits per heavy atom. The molecule has 2 aromatic heterocycles. The van der Waals surface area contributed by atoms with Crippen molar-refractivity contribution >= 4 is 5.91 Å². The van der Waals surface area contributed by atoms with Gasteiger partial charge in [-0.25, -0.2) is 0 Å². The van der Waals surface area contributed by atoms with Crippen molar-refractivity contribution in [1.82, 2.24) is 25.0 Å². The Hall–Kier alpha value is -3.84. The molecule has 1 saturated heterocycles. The lowest BCUT2D eigenvalue weighted by molar-refractivity contribution is 0.0628. The van der Waals surface area contributed by atoms with Gasteiger partial charge in [0, 0.05) is 61.8 Å². The SMILES string of the molecule is Cc1ccc(-c2nnc(-c3ccc(C(=O)N4CCN(Cc5cccnc5)CC4)cc3)o2)cc1. The van der Waals surface area contributed by atoms with Gasteiger partial charge in [-0.15, -0.1) is 10.2 Å². The van der Waals surface area contributed by atoms with E-state index < -0.39 is 0 Å². The van der Waals surface area contributed by atoms with Gasteiger partial charge >= 0.3 is 0 Å². The molecule has 33 heavy (non-hydrogen) atoms. The van der Waals surface area contributed by atoms with Crippen LogP contribution in [0, 0.1) is 6.92 Å². The normalized spacial score (nSPS) is 14.4. The van der Waals surface area contributed by atoms with Gasteiger partial charge in [0.25, 0.3) is 5.91 Å². The number of piperazine rings is 1. The Labute approximate surface area is 192 Å². The predicted molar refractivity (Wildman–Crippen MR) is 125 cm³/mol. The van der Waals surface area contributed by atoms with Crippen molar-refractivity contribution in [2.75, 3.05) is 26.2 Å². The Morgan fingerprint density at radius 2 is 1.52 bits per heavy atom. The maximum atomic E-state index is 13.0. The standard InChI is InChI=1S/C26H25N5O2/c1-19-4-6-21(7-5-19)24-28-29-25(33-24)22-8-10-23(11-9-22)26(32)31-15-13-30(14-16-31)18-20-3-2-12-27-17-20/h2-12,17H,13-16,18H2,1H3. The molecular weight excluding hydrogens is 414 g/mol. The number of amides is 1. The van der Waals surface area contributed by atoms with E-state index in [-0.39, 0.29) is 5.91 Å². The second kappa shape index (κ2) is 9.34. The third kappa shape index (κ3) is 4.83. The summed E-state index contributed by atoms with van der Waals surface area (Å²) in [5, 5.41) is 8.33. The van der Waals surface area contributed by atoms with Crippen molar-refractivity contribution in [2.24, 2.45) is 0 Å². The molecule has 1 fully saturated rings. The third-order valence-corrected chi connectivity index (χ3v) is 5.89. The first-order valence-electron chi connectivity index (χ1n) is 11.1. The smallest absolute Gasteiger partial charge is 0.253 e. The lowest BCUT2D eigenvalue weighted by atomic mass is 10.1. The minimum Gasteiger partial charge on any atom is -0.416 e. The number of carbonyl (C=O) groups excluding carboxylic acids is 1. The van der Waals surface area contributed by atoms with Crippen molar-refractivity contribution in [1.29, 1.82) is 0 Å². The number of carbonyl (C=O) groups is 1. The molecule has 0 atom stereocenters. The van der Waals surface area contributed by atoms with Gasteiger partial charge in [-0.3, -0.25) is 14.7 Å². The summed E-state index contributed by atoms with van der Waals surface area (Å²) in [6, 6.07) is 19.4. The summed E-state index contributed by atoms with van der Waals surface area (Å²) >= 11 is 0. The number of hydrogen-bond acceptors (Lipinski definition) is 6. The molecule has 0 bridgehead atoms. The summed E-state index contributed by atoms with van der Waals surface area (Å²) in [4.78, 5) is 21.4. The Bertz CT molecular complexity index is 1210. The van der Waals surface area contributed by atoms with Gasteiger partial charge in [0.1, 0.15) is 0 Å². The fourth-order valence-corrected chi connectivity index (χ4v) is 3.95. The molecule has 1 aliphatic heterocycles. The average molecular weight is 440 g/mol. The number of hydrogen-bond donors (Lipinski definition) is 0. The van der Waals surface area contributed by atoms with Crippen LogP contribution in [0.5, 0.6) is 0 Å². The lowest BCUT2D eigenvalue weighted by Crippen LogP contribution is -2.48. The van der Waals surface area contributed by atoms with Gasteiger partial charge in [-0.2, -0.15) is 0 Å². The zero-order valence-corrected chi connectivity index (χ0v) is 18.5. The zero-order valence-electron chi connectivity index (χ0n) is 18.5. The summed E-state index contributed by atoms with van der Waals surface area (Å²) in [5.41, 5.74) is 4.71. The first-order chi connectivity index (χ1) is 16.2. The molecule has 0 saturated carbocycles. The van der Waals surface area contributed by atoms with E-state index in [9.17, 15) is 4.79 Å². The van der Waals surface area contributed by atoms with Crippen LogP contribution in [0.15, 0.2) is 77.5 Å². The molecule has 0 spiro atoms. The molecular formula is C26H25N5O2. The van der Waals surface area contributed by atoms with Crippen LogP contribution in [0.3, 0.4) is 0 Å². The van der Waals surface area contributed by atoms with Gasteiger partial charge < -0.3 is 9.32 Å². The molecule has 166 valence electrons. The topological polar surface area (TPSA) is 75.4 Å². The monoisotopic (exact) mass is 439 g/mol. The summed E-state index contributed by atoms with van der Waals surface area (Å²) in [6.45, 7) is 6.02. The molecule has 0 radical (unpaired) electrons. The number of aromatic nitrogens is 3. The van der Waals surface area contributed by atoms with Crippen LogP contribution in [0.4, 0.5) is 0 Å². The maximum Gasteiger partial charge on any atom is 0.253 e. The summed E-state index contributed by atoms with van der Waals surface area (Å²) in [5.74, 6) is 0.969. The molecule has 5 rings (SSSR count). The molecule has 0 N–H and O–H groups in total. The number of rotatable bonds is 5. The molecule has 7 heteroatoms. The highest BCUT2D eigenvalue weighted by molar-refractivity contribution is 5.94. The molecule has 1 amide bonds. The van der Waals surface area contributed by atoms with Crippen LogP contribution in [0.25, 0.3) is 22.9 Å². The fourth-order valence-electron chi connectivity index (χ4n) is 3.95. The molecule has 1 aliphatic rings. The van der Waals surface area contributed by atoms with Crippen molar-refractivity contribution in [2.45, 2.75) is 13.5 Å². The maximum absolute atomic E-state index is 13.0. The third-order valence-electron chi connectivity index (χ3n) is 5.89. The minimum absolute atomic E-state index is 0.0495. The fraction of sp³-hybridized carbons (Fsp3) is 0.231. The molecule has 0 aliphatic carbocycles. The van der Waals surface area contributed by atoms with E-state index in [0.29, 0.717) is 30.4 Å². The van der Waals surface area contributed by atoms with Crippen LogP contribution < -0.4 is 0 Å². The molecule has 7 nitrogen and oxygen atoms in total. The van der Waals surface area contributed by atoms with Gasteiger partial charge in [-0.1, -0.05) is 23.8 Å². The number of pyridine rings is 1. The lowest BCUT2D eigenvalue weighted by Gasteiger charge is -2.34. The zero-order chi connectivity index (χ0) is 22.6. The minimum atomic E-state index is 0.0495.